The maximum atomic E-state index is 12.0. The highest BCUT2D eigenvalue weighted by Gasteiger charge is 2.22. The number of nitrogens with one attached hydrogen (secondary N) is 1. The van der Waals surface area contributed by atoms with Crippen molar-refractivity contribution in [3.05, 3.63) is 65.7 Å². The van der Waals surface area contributed by atoms with Crippen LogP contribution in [-0.4, -0.2) is 24.2 Å². The summed E-state index contributed by atoms with van der Waals surface area (Å²) in [5, 5.41) is 12.6. The Hall–Kier alpha value is -2.33. The van der Waals surface area contributed by atoms with Gasteiger partial charge in [-0.2, -0.15) is 0 Å². The van der Waals surface area contributed by atoms with E-state index in [4.69, 9.17) is 4.74 Å². The Balaban J connectivity index is 1.96. The number of phenols is 1. The minimum atomic E-state index is -0.462. The van der Waals surface area contributed by atoms with Crippen LogP contribution in [0.5, 0.6) is 5.75 Å². The monoisotopic (exact) mass is 313 g/mol. The van der Waals surface area contributed by atoms with Crippen molar-refractivity contribution in [1.29, 1.82) is 0 Å². The third kappa shape index (κ3) is 5.11. The predicted octanol–water partition coefficient (Wildman–Crippen LogP) is 3.22. The van der Waals surface area contributed by atoms with Crippen molar-refractivity contribution in [2.24, 2.45) is 0 Å². The number of methoxy groups -OCH3 is 1. The Morgan fingerprint density at radius 1 is 1.13 bits per heavy atom. The van der Waals surface area contributed by atoms with Crippen LogP contribution < -0.4 is 5.32 Å². The molecule has 2 atom stereocenters. The van der Waals surface area contributed by atoms with E-state index >= 15 is 0 Å². The Bertz CT molecular complexity index is 610. The molecule has 0 aliphatic heterocycles. The van der Waals surface area contributed by atoms with Gasteiger partial charge in [-0.25, -0.2) is 4.79 Å². The molecule has 0 radical (unpaired) electrons. The van der Waals surface area contributed by atoms with Crippen molar-refractivity contribution >= 4 is 5.97 Å². The maximum absolute atomic E-state index is 12.0. The lowest BCUT2D eigenvalue weighted by molar-refractivity contribution is -0.143. The maximum Gasteiger partial charge on any atom is 0.327 e. The Morgan fingerprint density at radius 3 is 2.39 bits per heavy atom. The lowest BCUT2D eigenvalue weighted by Gasteiger charge is -2.22. The summed E-state index contributed by atoms with van der Waals surface area (Å²) in [5.74, 6) is -0.0116. The number of hydrogen-bond acceptors (Lipinski definition) is 4. The summed E-state index contributed by atoms with van der Waals surface area (Å²) in [5.41, 5.74) is 2.06. The predicted molar refractivity (Wildman–Crippen MR) is 90.2 cm³/mol. The first-order chi connectivity index (χ1) is 11.1. The first-order valence-electron chi connectivity index (χ1n) is 7.77. The molecular formula is C19H23NO3. The van der Waals surface area contributed by atoms with Crippen LogP contribution in [0.2, 0.25) is 0 Å². The number of esters is 1. The number of carbonyl (C=O) groups is 1. The molecule has 0 aromatic heterocycles. The van der Waals surface area contributed by atoms with Gasteiger partial charge in [0, 0.05) is 6.04 Å². The second kappa shape index (κ2) is 8.34. The molecule has 2 N–H and O–H groups in total. The summed E-state index contributed by atoms with van der Waals surface area (Å²) in [7, 11) is 1.40. The zero-order chi connectivity index (χ0) is 16.7. The molecule has 4 heteroatoms. The zero-order valence-electron chi connectivity index (χ0n) is 13.5. The molecule has 2 unspecified atom stereocenters. The van der Waals surface area contributed by atoms with Crippen LogP contribution in [0.1, 0.15) is 30.5 Å². The van der Waals surface area contributed by atoms with Crippen LogP contribution in [0.15, 0.2) is 54.6 Å². The number of hydrogen-bond donors (Lipinski definition) is 2. The zero-order valence-corrected chi connectivity index (χ0v) is 13.5. The number of rotatable bonds is 7. The SMILES string of the molecule is COC(=O)C(NC(C)CCc1ccc(O)cc1)c1ccccc1. The average molecular weight is 313 g/mol. The normalized spacial score (nSPS) is 13.3. The van der Waals surface area contributed by atoms with Crippen molar-refractivity contribution in [2.75, 3.05) is 7.11 Å². The van der Waals surface area contributed by atoms with Crippen LogP contribution in [0.4, 0.5) is 0 Å². The molecule has 0 saturated heterocycles. The Labute approximate surface area is 137 Å². The van der Waals surface area contributed by atoms with Gasteiger partial charge >= 0.3 is 5.97 Å². The molecule has 2 aromatic carbocycles. The molecule has 122 valence electrons. The lowest BCUT2D eigenvalue weighted by atomic mass is 10.0. The molecule has 0 aliphatic rings. The number of benzene rings is 2. The van der Waals surface area contributed by atoms with E-state index in [1.54, 1.807) is 12.1 Å². The fourth-order valence-electron chi connectivity index (χ4n) is 2.48. The van der Waals surface area contributed by atoms with E-state index in [0.717, 1.165) is 24.0 Å². The van der Waals surface area contributed by atoms with Gasteiger partial charge < -0.3 is 9.84 Å². The van der Waals surface area contributed by atoms with E-state index in [1.807, 2.05) is 42.5 Å². The van der Waals surface area contributed by atoms with Gasteiger partial charge in [-0.3, -0.25) is 5.32 Å². The Kier molecular flexibility index (Phi) is 6.18. The van der Waals surface area contributed by atoms with Crippen molar-refractivity contribution in [2.45, 2.75) is 31.8 Å². The van der Waals surface area contributed by atoms with Crippen molar-refractivity contribution in [1.82, 2.24) is 5.32 Å². The van der Waals surface area contributed by atoms with Gasteiger partial charge in [0.05, 0.1) is 7.11 Å². The quantitative estimate of drug-likeness (QED) is 0.771. The van der Waals surface area contributed by atoms with Crippen LogP contribution in [0, 0.1) is 0 Å². The molecule has 0 fully saturated rings. The molecule has 0 spiro atoms. The summed E-state index contributed by atoms with van der Waals surface area (Å²) >= 11 is 0. The van der Waals surface area contributed by atoms with Gasteiger partial charge in [-0.15, -0.1) is 0 Å². The number of aromatic hydroxyl groups is 1. The summed E-state index contributed by atoms with van der Waals surface area (Å²) in [6.07, 6.45) is 1.75. The minimum absolute atomic E-state index is 0.146. The molecule has 2 rings (SSSR count). The average Bonchev–Trinajstić information content (AvgIpc) is 2.59. The van der Waals surface area contributed by atoms with Crippen LogP contribution in [0.25, 0.3) is 0 Å². The van der Waals surface area contributed by atoms with E-state index in [1.165, 1.54) is 7.11 Å². The number of phenolic OH excluding ortho intramolecular Hbond substituents is 1. The van der Waals surface area contributed by atoms with E-state index in [2.05, 4.69) is 12.2 Å². The third-order valence-electron chi connectivity index (χ3n) is 3.82. The highest BCUT2D eigenvalue weighted by Crippen LogP contribution is 2.17. The molecular weight excluding hydrogens is 290 g/mol. The van der Waals surface area contributed by atoms with Gasteiger partial charge in [0.2, 0.25) is 0 Å². The lowest BCUT2D eigenvalue weighted by Crippen LogP contribution is -2.36. The summed E-state index contributed by atoms with van der Waals surface area (Å²) < 4.78 is 4.91. The molecule has 0 amide bonds. The highest BCUT2D eigenvalue weighted by atomic mass is 16.5. The molecule has 0 aliphatic carbocycles. The third-order valence-corrected chi connectivity index (χ3v) is 3.82. The second-order valence-corrected chi connectivity index (χ2v) is 5.64. The van der Waals surface area contributed by atoms with E-state index in [-0.39, 0.29) is 17.8 Å². The van der Waals surface area contributed by atoms with E-state index < -0.39 is 6.04 Å². The molecule has 0 bridgehead atoms. The van der Waals surface area contributed by atoms with Gasteiger partial charge in [-0.1, -0.05) is 42.5 Å². The number of aryl methyl sites for hydroxylation is 1. The highest BCUT2D eigenvalue weighted by molar-refractivity contribution is 5.77. The Morgan fingerprint density at radius 2 is 1.78 bits per heavy atom. The smallest absolute Gasteiger partial charge is 0.327 e. The van der Waals surface area contributed by atoms with E-state index in [9.17, 15) is 9.90 Å². The fraction of sp³-hybridized carbons (Fsp3) is 0.316. The van der Waals surface area contributed by atoms with E-state index in [0.29, 0.717) is 0 Å². The molecule has 0 saturated carbocycles. The van der Waals surface area contributed by atoms with Crippen LogP contribution in [0.3, 0.4) is 0 Å². The standard InChI is InChI=1S/C19H23NO3/c1-14(8-9-15-10-12-17(21)13-11-15)20-18(19(22)23-2)16-6-4-3-5-7-16/h3-7,10-14,18,20-21H,8-9H2,1-2H3. The summed E-state index contributed by atoms with van der Waals surface area (Å²) in [6, 6.07) is 16.5. The first-order valence-corrected chi connectivity index (χ1v) is 7.77. The largest absolute Gasteiger partial charge is 0.508 e. The first kappa shape index (κ1) is 17.0. The van der Waals surface area contributed by atoms with Crippen molar-refractivity contribution in [3.63, 3.8) is 0 Å². The van der Waals surface area contributed by atoms with Crippen molar-refractivity contribution in [3.8, 4) is 5.75 Å². The van der Waals surface area contributed by atoms with Gasteiger partial charge in [0.15, 0.2) is 0 Å². The molecule has 23 heavy (non-hydrogen) atoms. The number of ether oxygens (including phenoxy) is 1. The fourth-order valence-corrected chi connectivity index (χ4v) is 2.48. The van der Waals surface area contributed by atoms with Gasteiger partial charge in [0.25, 0.3) is 0 Å². The minimum Gasteiger partial charge on any atom is -0.508 e. The van der Waals surface area contributed by atoms with Crippen LogP contribution >= 0.6 is 0 Å². The summed E-state index contributed by atoms with van der Waals surface area (Å²) in [6.45, 7) is 2.05. The van der Waals surface area contributed by atoms with Gasteiger partial charge in [0.1, 0.15) is 11.8 Å². The van der Waals surface area contributed by atoms with Crippen molar-refractivity contribution < 1.29 is 14.6 Å². The molecule has 4 nitrogen and oxygen atoms in total. The van der Waals surface area contributed by atoms with Crippen LogP contribution in [-0.2, 0) is 16.0 Å². The molecule has 2 aromatic rings. The molecule has 0 heterocycles. The second-order valence-electron chi connectivity index (χ2n) is 5.64. The summed E-state index contributed by atoms with van der Waals surface area (Å²) in [4.78, 5) is 12.0. The van der Waals surface area contributed by atoms with Gasteiger partial charge in [-0.05, 0) is 43.0 Å². The number of carbonyl (C=O) groups excluding carboxylic acids is 1. The topological polar surface area (TPSA) is 58.6 Å².